The van der Waals surface area contributed by atoms with E-state index in [0.29, 0.717) is 0 Å². The highest BCUT2D eigenvalue weighted by Gasteiger charge is 2.05. The zero-order valence-electron chi connectivity index (χ0n) is 9.20. The summed E-state index contributed by atoms with van der Waals surface area (Å²) in [4.78, 5) is 4.53. The van der Waals surface area contributed by atoms with Gasteiger partial charge in [0.1, 0.15) is 0 Å². The first-order chi connectivity index (χ1) is 6.56. The van der Waals surface area contributed by atoms with E-state index in [4.69, 9.17) is 15.1 Å². The van der Waals surface area contributed by atoms with Crippen molar-refractivity contribution < 1.29 is 19.8 Å². The van der Waals surface area contributed by atoms with E-state index in [0.717, 1.165) is 6.67 Å². The van der Waals surface area contributed by atoms with Crippen molar-refractivity contribution in [3.05, 3.63) is 12.4 Å². The van der Waals surface area contributed by atoms with Crippen LogP contribution in [-0.2, 0) is 0 Å². The van der Waals surface area contributed by atoms with Gasteiger partial charge in [-0.2, -0.15) is 0 Å². The minimum absolute atomic E-state index is 0. The van der Waals surface area contributed by atoms with Crippen LogP contribution >= 0.6 is 0 Å². The topological polar surface area (TPSA) is 67.2 Å². The molecule has 0 unspecified atom stereocenters. The van der Waals surface area contributed by atoms with Gasteiger partial charge in [-0.15, -0.1) is 0 Å². The van der Waals surface area contributed by atoms with E-state index in [1.54, 1.807) is 0 Å². The summed E-state index contributed by atoms with van der Waals surface area (Å²) in [6, 6.07) is 0. The Balaban J connectivity index is 0. The van der Waals surface area contributed by atoms with Gasteiger partial charge in [0.2, 0.25) is 0 Å². The van der Waals surface area contributed by atoms with E-state index in [9.17, 15) is 0 Å². The van der Waals surface area contributed by atoms with Crippen molar-refractivity contribution in [2.45, 2.75) is 19.8 Å². The minimum Gasteiger partial charge on any atom is -0.402 e. The third-order valence-corrected chi connectivity index (χ3v) is 1.74. The molecule has 0 radical (unpaired) electrons. The van der Waals surface area contributed by atoms with Crippen molar-refractivity contribution in [1.29, 1.82) is 0 Å². The summed E-state index contributed by atoms with van der Waals surface area (Å²) < 4.78 is 0. The van der Waals surface area contributed by atoms with Gasteiger partial charge in [0.15, 0.2) is 0 Å². The van der Waals surface area contributed by atoms with E-state index >= 15 is 0 Å². The lowest BCUT2D eigenvalue weighted by Crippen LogP contribution is -2.23. The summed E-state index contributed by atoms with van der Waals surface area (Å²) in [5.41, 5.74) is 0. The maximum absolute atomic E-state index is 7.17. The normalized spacial score (nSPS) is 13.1. The molecule has 0 aliphatic carbocycles. The van der Waals surface area contributed by atoms with E-state index in [2.05, 4.69) is 36.2 Å². The zero-order valence-corrected chi connectivity index (χ0v) is 9.20. The molecular formula is C8H20BFN2O3. The predicted molar refractivity (Wildman–Crippen MR) is 58.3 cm³/mol. The van der Waals surface area contributed by atoms with Crippen LogP contribution in [0.1, 0.15) is 19.8 Å². The van der Waals surface area contributed by atoms with Gasteiger partial charge in [-0.1, -0.05) is 13.3 Å². The number of rotatable bonds is 3. The molecule has 7 heteroatoms. The molecule has 0 fully saturated rings. The fourth-order valence-electron chi connectivity index (χ4n) is 1.10. The molecule has 0 amide bonds. The summed E-state index contributed by atoms with van der Waals surface area (Å²) in [6.45, 7) is 4.50. The van der Waals surface area contributed by atoms with Gasteiger partial charge in [-0.25, -0.2) is 0 Å². The molecule has 0 bridgehead atoms. The highest BCUT2D eigenvalue weighted by atomic mass is 19.0. The fourth-order valence-corrected chi connectivity index (χ4v) is 1.10. The molecule has 1 rings (SSSR count). The first-order valence-corrected chi connectivity index (χ1v) is 4.73. The van der Waals surface area contributed by atoms with E-state index < -0.39 is 7.32 Å². The van der Waals surface area contributed by atoms with Crippen molar-refractivity contribution in [3.8, 4) is 0 Å². The summed E-state index contributed by atoms with van der Waals surface area (Å²) in [5, 5.41) is 21.5. The molecule has 1 aliphatic rings. The number of hydrogen-bond donors (Lipinski definition) is 3. The molecule has 0 saturated heterocycles. The monoisotopic (exact) mass is 222 g/mol. The van der Waals surface area contributed by atoms with Crippen molar-refractivity contribution in [2.24, 2.45) is 0 Å². The Bertz CT molecular complexity index is 169. The largest absolute Gasteiger partial charge is 0.631 e. The minimum atomic E-state index is -2.17. The zero-order chi connectivity index (χ0) is 11.0. The highest BCUT2D eigenvalue weighted by Crippen LogP contribution is 2.04. The van der Waals surface area contributed by atoms with Gasteiger partial charge >= 0.3 is 7.32 Å². The SMILES string of the molecule is CCCCN1C=CN(C)C1.F.OB(O)O. The Labute approximate surface area is 90.2 Å². The smallest absolute Gasteiger partial charge is 0.402 e. The number of halogens is 1. The Hall–Kier alpha value is -0.785. The third-order valence-electron chi connectivity index (χ3n) is 1.74. The molecule has 0 spiro atoms. The number of unbranched alkanes of at least 4 members (excludes halogenated alkanes) is 1. The van der Waals surface area contributed by atoms with Crippen LogP contribution in [0.5, 0.6) is 0 Å². The van der Waals surface area contributed by atoms with E-state index in [-0.39, 0.29) is 4.70 Å². The second kappa shape index (κ2) is 9.76. The molecule has 0 aromatic rings. The Morgan fingerprint density at radius 3 is 2.13 bits per heavy atom. The Kier molecular flexibility index (Phi) is 10.8. The Morgan fingerprint density at radius 1 is 1.27 bits per heavy atom. The van der Waals surface area contributed by atoms with Crippen LogP contribution in [0.4, 0.5) is 4.70 Å². The first-order valence-electron chi connectivity index (χ1n) is 4.73. The molecule has 0 saturated carbocycles. The summed E-state index contributed by atoms with van der Waals surface area (Å²) >= 11 is 0. The fraction of sp³-hybridized carbons (Fsp3) is 0.750. The van der Waals surface area contributed by atoms with Gasteiger partial charge in [0, 0.05) is 26.0 Å². The lowest BCUT2D eigenvalue weighted by Gasteiger charge is -2.17. The van der Waals surface area contributed by atoms with Crippen LogP contribution in [0.2, 0.25) is 0 Å². The maximum atomic E-state index is 7.17. The van der Waals surface area contributed by atoms with Crippen molar-refractivity contribution >= 4 is 7.32 Å². The molecule has 90 valence electrons. The van der Waals surface area contributed by atoms with Crippen molar-refractivity contribution in [2.75, 3.05) is 20.3 Å². The summed E-state index contributed by atoms with van der Waals surface area (Å²) in [5.74, 6) is 0. The van der Waals surface area contributed by atoms with Crippen LogP contribution in [-0.4, -0.2) is 52.5 Å². The molecule has 0 aromatic carbocycles. The van der Waals surface area contributed by atoms with Crippen molar-refractivity contribution in [3.63, 3.8) is 0 Å². The molecular weight excluding hydrogens is 202 g/mol. The van der Waals surface area contributed by atoms with E-state index in [1.165, 1.54) is 19.4 Å². The quantitative estimate of drug-likeness (QED) is 0.565. The molecule has 15 heavy (non-hydrogen) atoms. The van der Waals surface area contributed by atoms with Crippen LogP contribution in [0.25, 0.3) is 0 Å². The van der Waals surface area contributed by atoms with Gasteiger partial charge in [0.05, 0.1) is 6.67 Å². The Morgan fingerprint density at radius 2 is 1.80 bits per heavy atom. The van der Waals surface area contributed by atoms with E-state index in [1.807, 2.05) is 0 Å². The van der Waals surface area contributed by atoms with Gasteiger partial charge in [-0.3, -0.25) is 4.70 Å². The third kappa shape index (κ3) is 11.1. The highest BCUT2D eigenvalue weighted by molar-refractivity contribution is 6.30. The van der Waals surface area contributed by atoms with Gasteiger partial charge in [-0.05, 0) is 6.42 Å². The predicted octanol–water partition coefficient (Wildman–Crippen LogP) is -0.437. The van der Waals surface area contributed by atoms with Gasteiger partial charge < -0.3 is 24.9 Å². The van der Waals surface area contributed by atoms with Crippen LogP contribution < -0.4 is 0 Å². The number of nitrogens with zero attached hydrogens (tertiary/aromatic N) is 2. The van der Waals surface area contributed by atoms with Crippen LogP contribution in [0.15, 0.2) is 12.4 Å². The lowest BCUT2D eigenvalue weighted by atomic mass is 10.3. The maximum Gasteiger partial charge on any atom is 0.631 e. The average molecular weight is 222 g/mol. The molecule has 0 atom stereocenters. The second-order valence-electron chi connectivity index (χ2n) is 3.21. The van der Waals surface area contributed by atoms with Crippen molar-refractivity contribution in [1.82, 2.24) is 9.80 Å². The van der Waals surface area contributed by atoms with Crippen LogP contribution in [0, 0.1) is 0 Å². The summed E-state index contributed by atoms with van der Waals surface area (Å²) in [6.07, 6.45) is 6.87. The van der Waals surface area contributed by atoms with Crippen LogP contribution in [0.3, 0.4) is 0 Å². The first kappa shape index (κ1) is 16.6. The molecule has 1 aliphatic heterocycles. The van der Waals surface area contributed by atoms with Gasteiger partial charge in [0.25, 0.3) is 0 Å². The second-order valence-corrected chi connectivity index (χ2v) is 3.21. The molecule has 3 N–H and O–H groups in total. The molecule has 0 aromatic heterocycles. The summed E-state index contributed by atoms with van der Waals surface area (Å²) in [7, 11) is -0.0670. The molecule has 5 nitrogen and oxygen atoms in total. The molecule has 1 heterocycles. The lowest BCUT2D eigenvalue weighted by molar-refractivity contribution is 0.278. The average Bonchev–Trinajstić information content (AvgIpc) is 2.47. The number of hydrogen-bond acceptors (Lipinski definition) is 5. The standard InChI is InChI=1S/C8H16N2.BH3O3.FH/c1-3-4-5-10-7-6-9(2)8-10;2-1(3)4;/h6-7H,3-5,8H2,1-2H3;2-4H;1H.